The number of para-hydroxylation sites is 1. The molecular weight excluding hydrogens is 406 g/mol. The quantitative estimate of drug-likeness (QED) is 0.473. The molecule has 0 saturated carbocycles. The molecule has 32 heavy (non-hydrogen) atoms. The number of aromatic carboxylic acids is 1. The molecular formula is C25H19N3O4. The number of carboxylic acids is 1. The highest BCUT2D eigenvalue weighted by atomic mass is 16.5. The first-order valence-electron chi connectivity index (χ1n) is 10.1. The monoisotopic (exact) mass is 425 g/mol. The molecule has 0 bridgehead atoms. The lowest BCUT2D eigenvalue weighted by Gasteiger charge is -2.14. The van der Waals surface area contributed by atoms with E-state index in [1.807, 2.05) is 54.6 Å². The predicted octanol–water partition coefficient (Wildman–Crippen LogP) is 4.93. The molecule has 1 aliphatic carbocycles. The molecule has 7 heteroatoms. The Kier molecular flexibility index (Phi) is 4.91. The Morgan fingerprint density at radius 3 is 2.12 bits per heavy atom. The number of rotatable bonds is 5. The van der Waals surface area contributed by atoms with Crippen molar-refractivity contribution in [1.29, 1.82) is 0 Å². The lowest BCUT2D eigenvalue weighted by molar-refractivity contribution is 0.0698. The van der Waals surface area contributed by atoms with Gasteiger partial charge in [-0.05, 0) is 34.4 Å². The van der Waals surface area contributed by atoms with Crippen LogP contribution in [-0.2, 0) is 4.74 Å². The second-order valence-electron chi connectivity index (χ2n) is 7.43. The number of hydrogen-bond acceptors (Lipinski definition) is 4. The van der Waals surface area contributed by atoms with Gasteiger partial charge in [0.1, 0.15) is 12.2 Å². The summed E-state index contributed by atoms with van der Waals surface area (Å²) in [6, 6.07) is 25.1. The number of ether oxygens (including phenoxy) is 1. The van der Waals surface area contributed by atoms with Crippen LogP contribution in [0.25, 0.3) is 16.8 Å². The van der Waals surface area contributed by atoms with Gasteiger partial charge in [-0.3, -0.25) is 5.32 Å². The molecule has 1 heterocycles. The van der Waals surface area contributed by atoms with Crippen molar-refractivity contribution in [2.45, 2.75) is 5.92 Å². The number of carbonyl (C=O) groups excluding carboxylic acids is 1. The van der Waals surface area contributed by atoms with Crippen LogP contribution in [0.15, 0.2) is 85.1 Å². The summed E-state index contributed by atoms with van der Waals surface area (Å²) in [5.41, 5.74) is 5.01. The van der Waals surface area contributed by atoms with E-state index < -0.39 is 12.1 Å². The van der Waals surface area contributed by atoms with Gasteiger partial charge in [0.15, 0.2) is 5.82 Å². The van der Waals surface area contributed by atoms with Gasteiger partial charge in [-0.2, -0.15) is 0 Å². The molecule has 0 spiro atoms. The maximum absolute atomic E-state index is 12.5. The second-order valence-corrected chi connectivity index (χ2v) is 7.43. The zero-order valence-corrected chi connectivity index (χ0v) is 16.9. The minimum atomic E-state index is -1.19. The number of benzene rings is 3. The molecule has 5 rings (SSSR count). The van der Waals surface area contributed by atoms with Gasteiger partial charge >= 0.3 is 12.1 Å². The Hall–Kier alpha value is -4.39. The fourth-order valence-corrected chi connectivity index (χ4v) is 4.07. The average Bonchev–Trinajstić information content (AvgIpc) is 3.38. The lowest BCUT2D eigenvalue weighted by Crippen LogP contribution is -2.19. The van der Waals surface area contributed by atoms with E-state index in [9.17, 15) is 14.7 Å². The molecule has 0 fully saturated rings. The van der Waals surface area contributed by atoms with E-state index in [2.05, 4.69) is 22.5 Å². The molecule has 0 radical (unpaired) electrons. The van der Waals surface area contributed by atoms with Crippen LogP contribution in [0.5, 0.6) is 0 Å². The molecule has 158 valence electrons. The number of nitrogens with one attached hydrogen (secondary N) is 1. The van der Waals surface area contributed by atoms with Crippen molar-refractivity contribution in [2.24, 2.45) is 0 Å². The zero-order valence-electron chi connectivity index (χ0n) is 16.9. The minimum Gasteiger partial charge on any atom is -0.477 e. The average molecular weight is 425 g/mol. The molecule has 0 aliphatic heterocycles. The molecule has 2 N–H and O–H groups in total. The Morgan fingerprint density at radius 2 is 1.50 bits per heavy atom. The molecule has 0 atom stereocenters. The summed E-state index contributed by atoms with van der Waals surface area (Å²) in [5.74, 6) is -1.35. The van der Waals surface area contributed by atoms with Crippen LogP contribution in [0.2, 0.25) is 0 Å². The summed E-state index contributed by atoms with van der Waals surface area (Å²) in [4.78, 5) is 24.2. The van der Waals surface area contributed by atoms with E-state index >= 15 is 0 Å². The van der Waals surface area contributed by atoms with Crippen molar-refractivity contribution in [1.82, 2.24) is 9.78 Å². The maximum Gasteiger partial charge on any atom is 0.412 e. The smallest absolute Gasteiger partial charge is 0.412 e. The van der Waals surface area contributed by atoms with Crippen molar-refractivity contribution >= 4 is 17.9 Å². The molecule has 4 aromatic rings. The van der Waals surface area contributed by atoms with Crippen LogP contribution in [0.3, 0.4) is 0 Å². The molecule has 0 saturated heterocycles. The third-order valence-electron chi connectivity index (χ3n) is 5.53. The zero-order chi connectivity index (χ0) is 22.1. The van der Waals surface area contributed by atoms with Crippen LogP contribution in [-0.4, -0.2) is 33.6 Å². The van der Waals surface area contributed by atoms with Gasteiger partial charge < -0.3 is 9.84 Å². The molecule has 0 unspecified atom stereocenters. The van der Waals surface area contributed by atoms with Crippen molar-refractivity contribution in [2.75, 3.05) is 11.9 Å². The summed E-state index contributed by atoms with van der Waals surface area (Å²) in [6.07, 6.45) is 0.601. The summed E-state index contributed by atoms with van der Waals surface area (Å²) in [7, 11) is 0. The number of anilines is 1. The third-order valence-corrected chi connectivity index (χ3v) is 5.53. The van der Waals surface area contributed by atoms with Gasteiger partial charge in [0.2, 0.25) is 0 Å². The highest BCUT2D eigenvalue weighted by molar-refractivity contribution is 5.97. The van der Waals surface area contributed by atoms with E-state index in [1.54, 1.807) is 12.1 Å². The van der Waals surface area contributed by atoms with Crippen LogP contribution in [0.4, 0.5) is 10.6 Å². The van der Waals surface area contributed by atoms with Gasteiger partial charge in [0.25, 0.3) is 0 Å². The maximum atomic E-state index is 12.5. The lowest BCUT2D eigenvalue weighted by atomic mass is 9.98. The normalized spacial score (nSPS) is 12.1. The van der Waals surface area contributed by atoms with E-state index in [1.165, 1.54) is 10.9 Å². The van der Waals surface area contributed by atoms with Gasteiger partial charge in [0, 0.05) is 12.1 Å². The Labute approximate surface area is 183 Å². The summed E-state index contributed by atoms with van der Waals surface area (Å²) in [6.45, 7) is 0.127. The van der Waals surface area contributed by atoms with Crippen LogP contribution in [0.1, 0.15) is 27.4 Å². The van der Waals surface area contributed by atoms with E-state index in [0.29, 0.717) is 5.69 Å². The Bertz CT molecular complexity index is 1270. The largest absolute Gasteiger partial charge is 0.477 e. The number of fused-ring (bicyclic) bond motifs is 3. The highest BCUT2D eigenvalue weighted by Crippen LogP contribution is 2.44. The first-order valence-corrected chi connectivity index (χ1v) is 10.1. The summed E-state index contributed by atoms with van der Waals surface area (Å²) < 4.78 is 6.91. The second kappa shape index (κ2) is 8.03. The topological polar surface area (TPSA) is 93.5 Å². The highest BCUT2D eigenvalue weighted by Gasteiger charge is 2.29. The van der Waals surface area contributed by atoms with Crippen LogP contribution in [0, 0.1) is 0 Å². The molecule has 1 amide bonds. The van der Waals surface area contributed by atoms with Crippen molar-refractivity contribution in [3.8, 4) is 16.8 Å². The van der Waals surface area contributed by atoms with Crippen LogP contribution >= 0.6 is 0 Å². The summed E-state index contributed by atoms with van der Waals surface area (Å²) >= 11 is 0. The van der Waals surface area contributed by atoms with Gasteiger partial charge in [-0.1, -0.05) is 66.7 Å². The van der Waals surface area contributed by atoms with Gasteiger partial charge in [-0.25, -0.2) is 14.3 Å². The van der Waals surface area contributed by atoms with E-state index in [-0.39, 0.29) is 23.9 Å². The third kappa shape index (κ3) is 3.50. The van der Waals surface area contributed by atoms with Gasteiger partial charge in [-0.15, -0.1) is 5.10 Å². The van der Waals surface area contributed by atoms with Crippen LogP contribution < -0.4 is 5.32 Å². The first kappa shape index (κ1) is 19.6. The number of carbonyl (C=O) groups is 2. The molecule has 7 nitrogen and oxygen atoms in total. The number of aromatic nitrogens is 2. The van der Waals surface area contributed by atoms with Crippen molar-refractivity contribution in [3.63, 3.8) is 0 Å². The fourth-order valence-electron chi connectivity index (χ4n) is 4.07. The van der Waals surface area contributed by atoms with Gasteiger partial charge in [0.05, 0.1) is 5.69 Å². The number of hydrogen-bond donors (Lipinski definition) is 2. The number of carboxylic acid groups (broad SMARTS) is 1. The molecule has 3 aromatic carbocycles. The Morgan fingerprint density at radius 1 is 0.906 bits per heavy atom. The first-order chi connectivity index (χ1) is 15.6. The van der Waals surface area contributed by atoms with E-state index in [4.69, 9.17) is 4.74 Å². The molecule has 1 aromatic heterocycles. The SMILES string of the molecule is O=C(Nc1nn(-c2ccccc2)cc1C(=O)O)OCC1c2ccccc2-c2ccccc21. The van der Waals surface area contributed by atoms with E-state index in [0.717, 1.165) is 22.3 Å². The standard InChI is InChI=1S/C25H19N3O4/c29-24(30)21-14-28(16-8-2-1-3-9-16)27-23(21)26-25(31)32-15-22-19-12-6-4-10-17(19)18-11-5-7-13-20(18)22/h1-14,22H,15H2,(H,29,30)(H,26,27,31). The molecule has 1 aliphatic rings. The van der Waals surface area contributed by atoms with Crippen molar-refractivity contribution in [3.05, 3.63) is 102 Å². The Balaban J connectivity index is 1.34. The number of nitrogens with zero attached hydrogens (tertiary/aromatic N) is 2. The minimum absolute atomic E-state index is 0.0708. The fraction of sp³-hybridized carbons (Fsp3) is 0.0800. The summed E-state index contributed by atoms with van der Waals surface area (Å²) in [5, 5.41) is 16.2. The predicted molar refractivity (Wildman–Crippen MR) is 119 cm³/mol. The number of amides is 1. The van der Waals surface area contributed by atoms with Crippen molar-refractivity contribution < 1.29 is 19.4 Å².